The van der Waals surface area contributed by atoms with E-state index in [4.69, 9.17) is 23.2 Å². The van der Waals surface area contributed by atoms with Gasteiger partial charge in [-0.2, -0.15) is 0 Å². The summed E-state index contributed by atoms with van der Waals surface area (Å²) in [6, 6.07) is 4.82. The van der Waals surface area contributed by atoms with E-state index in [0.29, 0.717) is 28.4 Å². The lowest BCUT2D eigenvalue weighted by atomic mass is 9.89. The van der Waals surface area contributed by atoms with Crippen molar-refractivity contribution in [1.82, 2.24) is 5.32 Å². The molecule has 0 bridgehead atoms. The highest BCUT2D eigenvalue weighted by Gasteiger charge is 2.18. The summed E-state index contributed by atoms with van der Waals surface area (Å²) < 4.78 is 13.5. The fraction of sp³-hybridized carbons (Fsp3) is 0.571. The number of alkyl halides is 1. The molecule has 0 spiro atoms. The molecule has 1 aliphatic rings. The van der Waals surface area contributed by atoms with E-state index in [1.54, 1.807) is 12.1 Å². The monoisotopic (exact) mass is 289 g/mol. The maximum atomic E-state index is 13.5. The van der Waals surface area contributed by atoms with E-state index in [9.17, 15) is 4.39 Å². The Kier molecular flexibility index (Phi) is 5.28. The Morgan fingerprint density at radius 2 is 1.94 bits per heavy atom. The summed E-state index contributed by atoms with van der Waals surface area (Å²) in [5.41, 5.74) is 0.672. The van der Waals surface area contributed by atoms with Gasteiger partial charge >= 0.3 is 0 Å². The van der Waals surface area contributed by atoms with Gasteiger partial charge in [-0.25, -0.2) is 4.39 Å². The molecule has 0 amide bonds. The number of halogens is 3. The highest BCUT2D eigenvalue weighted by atomic mass is 35.5. The highest BCUT2D eigenvalue weighted by Crippen LogP contribution is 2.27. The van der Waals surface area contributed by atoms with Crippen LogP contribution in [0.2, 0.25) is 5.02 Å². The first-order valence-electron chi connectivity index (χ1n) is 6.44. The molecule has 2 rings (SSSR count). The van der Waals surface area contributed by atoms with Gasteiger partial charge < -0.3 is 5.32 Å². The molecule has 1 nitrogen and oxygen atoms in total. The molecule has 1 fully saturated rings. The second-order valence-corrected chi connectivity index (χ2v) is 6.04. The van der Waals surface area contributed by atoms with Gasteiger partial charge in [0.15, 0.2) is 0 Å². The predicted octanol–water partition coefficient (Wildman–Crippen LogP) is 4.37. The van der Waals surface area contributed by atoms with Crippen LogP contribution in [0.3, 0.4) is 0 Å². The van der Waals surface area contributed by atoms with Crippen molar-refractivity contribution in [3.63, 3.8) is 0 Å². The van der Waals surface area contributed by atoms with Crippen LogP contribution in [0.1, 0.15) is 31.2 Å². The van der Waals surface area contributed by atoms with Crippen LogP contribution in [0.4, 0.5) is 4.39 Å². The second kappa shape index (κ2) is 6.74. The van der Waals surface area contributed by atoms with E-state index in [1.807, 2.05) is 0 Å². The van der Waals surface area contributed by atoms with Gasteiger partial charge in [0.25, 0.3) is 0 Å². The molecule has 1 N–H and O–H groups in total. The van der Waals surface area contributed by atoms with Crippen molar-refractivity contribution in [3.05, 3.63) is 34.6 Å². The Morgan fingerprint density at radius 1 is 1.22 bits per heavy atom. The molecule has 18 heavy (non-hydrogen) atoms. The Hall–Kier alpha value is -0.310. The smallest absolute Gasteiger partial charge is 0.129 e. The summed E-state index contributed by atoms with van der Waals surface area (Å²) in [6.07, 6.45) is 4.54. The van der Waals surface area contributed by atoms with Crippen molar-refractivity contribution in [2.45, 2.75) is 37.6 Å². The Balaban J connectivity index is 1.75. The number of nitrogens with one attached hydrogen (secondary N) is 1. The van der Waals surface area contributed by atoms with E-state index in [0.717, 1.165) is 19.4 Å². The number of hydrogen-bond acceptors (Lipinski definition) is 1. The first-order valence-corrected chi connectivity index (χ1v) is 7.25. The zero-order chi connectivity index (χ0) is 13.0. The second-order valence-electron chi connectivity index (χ2n) is 4.98. The zero-order valence-electron chi connectivity index (χ0n) is 10.3. The molecule has 1 aromatic carbocycles. The summed E-state index contributed by atoms with van der Waals surface area (Å²) in [4.78, 5) is 0. The molecule has 4 heteroatoms. The van der Waals surface area contributed by atoms with Crippen LogP contribution in [-0.2, 0) is 6.54 Å². The van der Waals surface area contributed by atoms with Crippen LogP contribution < -0.4 is 5.32 Å². The third-order valence-corrected chi connectivity index (χ3v) is 4.21. The Bertz CT molecular complexity index is 389. The van der Waals surface area contributed by atoms with Crippen molar-refractivity contribution in [2.24, 2.45) is 5.92 Å². The SMILES string of the molecule is Fc1cc(Cl)ccc1CNCC1CCC(Cl)CC1. The molecule has 100 valence electrons. The summed E-state index contributed by atoms with van der Waals surface area (Å²) in [5.74, 6) is 0.440. The Morgan fingerprint density at radius 3 is 2.61 bits per heavy atom. The van der Waals surface area contributed by atoms with Gasteiger partial charge in [0.2, 0.25) is 0 Å². The van der Waals surface area contributed by atoms with E-state index in [-0.39, 0.29) is 5.82 Å². The van der Waals surface area contributed by atoms with Crippen LogP contribution in [0.25, 0.3) is 0 Å². The largest absolute Gasteiger partial charge is 0.312 e. The summed E-state index contributed by atoms with van der Waals surface area (Å²) >= 11 is 11.8. The van der Waals surface area contributed by atoms with E-state index >= 15 is 0 Å². The number of rotatable bonds is 4. The van der Waals surface area contributed by atoms with Gasteiger partial charge in [-0.05, 0) is 50.3 Å². The van der Waals surface area contributed by atoms with Gasteiger partial charge in [-0.3, -0.25) is 0 Å². The lowest BCUT2D eigenvalue weighted by molar-refractivity contribution is 0.345. The van der Waals surface area contributed by atoms with Gasteiger partial charge in [-0.1, -0.05) is 17.7 Å². The van der Waals surface area contributed by atoms with E-state index in [2.05, 4.69) is 5.32 Å². The maximum Gasteiger partial charge on any atom is 0.129 e. The molecular weight excluding hydrogens is 272 g/mol. The number of hydrogen-bond donors (Lipinski definition) is 1. The minimum absolute atomic E-state index is 0.237. The van der Waals surface area contributed by atoms with Gasteiger partial charge in [0, 0.05) is 22.5 Å². The van der Waals surface area contributed by atoms with Crippen LogP contribution in [0.15, 0.2) is 18.2 Å². The third kappa shape index (κ3) is 4.11. The molecule has 1 aromatic rings. The van der Waals surface area contributed by atoms with Crippen molar-refractivity contribution >= 4 is 23.2 Å². The van der Waals surface area contributed by atoms with Crippen LogP contribution in [0.5, 0.6) is 0 Å². The van der Waals surface area contributed by atoms with Crippen LogP contribution in [-0.4, -0.2) is 11.9 Å². The molecule has 0 heterocycles. The average Bonchev–Trinajstić information content (AvgIpc) is 2.34. The summed E-state index contributed by atoms with van der Waals surface area (Å²) in [6.45, 7) is 1.50. The minimum Gasteiger partial charge on any atom is -0.312 e. The zero-order valence-corrected chi connectivity index (χ0v) is 11.8. The minimum atomic E-state index is -0.237. The quantitative estimate of drug-likeness (QED) is 0.812. The van der Waals surface area contributed by atoms with Gasteiger partial charge in [-0.15, -0.1) is 11.6 Å². The fourth-order valence-electron chi connectivity index (χ4n) is 2.40. The van der Waals surface area contributed by atoms with Crippen LogP contribution >= 0.6 is 23.2 Å². The van der Waals surface area contributed by atoms with Crippen molar-refractivity contribution in [1.29, 1.82) is 0 Å². The molecule has 1 aliphatic carbocycles. The van der Waals surface area contributed by atoms with Gasteiger partial charge in [0.05, 0.1) is 0 Å². The lowest BCUT2D eigenvalue weighted by Crippen LogP contribution is -2.26. The molecule has 0 unspecified atom stereocenters. The van der Waals surface area contributed by atoms with E-state index in [1.165, 1.54) is 18.9 Å². The first-order chi connectivity index (χ1) is 8.65. The molecule has 0 radical (unpaired) electrons. The normalized spacial score (nSPS) is 24.2. The number of benzene rings is 1. The maximum absolute atomic E-state index is 13.5. The molecular formula is C14H18Cl2FN. The van der Waals surface area contributed by atoms with Crippen molar-refractivity contribution in [3.8, 4) is 0 Å². The standard InChI is InChI=1S/C14H18Cl2FN/c15-12-4-1-10(2-5-12)8-18-9-11-3-6-13(16)7-14(11)17/h3,6-7,10,12,18H,1-2,4-5,8-9H2. The highest BCUT2D eigenvalue weighted by molar-refractivity contribution is 6.30. The Labute approximate surface area is 118 Å². The third-order valence-electron chi connectivity index (χ3n) is 3.54. The first kappa shape index (κ1) is 14.1. The lowest BCUT2D eigenvalue weighted by Gasteiger charge is -2.25. The van der Waals surface area contributed by atoms with Crippen molar-refractivity contribution in [2.75, 3.05) is 6.54 Å². The average molecular weight is 290 g/mol. The fourth-order valence-corrected chi connectivity index (χ4v) is 2.81. The van der Waals surface area contributed by atoms with Crippen molar-refractivity contribution < 1.29 is 4.39 Å². The molecule has 0 aliphatic heterocycles. The van der Waals surface area contributed by atoms with E-state index < -0.39 is 0 Å². The topological polar surface area (TPSA) is 12.0 Å². The van der Waals surface area contributed by atoms with Gasteiger partial charge in [0.1, 0.15) is 5.82 Å². The molecule has 1 saturated carbocycles. The molecule has 0 aromatic heterocycles. The van der Waals surface area contributed by atoms with Crippen LogP contribution in [0, 0.1) is 11.7 Å². The summed E-state index contributed by atoms with van der Waals surface area (Å²) in [5, 5.41) is 4.12. The predicted molar refractivity (Wildman–Crippen MR) is 74.7 cm³/mol. The molecule has 0 atom stereocenters. The summed E-state index contributed by atoms with van der Waals surface area (Å²) in [7, 11) is 0. The molecule has 0 saturated heterocycles.